The number of benzene rings is 1. The molecule has 2 unspecified atom stereocenters. The first-order valence-corrected chi connectivity index (χ1v) is 9.84. The molecule has 27 heavy (non-hydrogen) atoms. The van der Waals surface area contributed by atoms with E-state index in [0.717, 1.165) is 37.5 Å². The van der Waals surface area contributed by atoms with E-state index in [1.807, 2.05) is 12.1 Å². The molecule has 0 saturated heterocycles. The van der Waals surface area contributed by atoms with Gasteiger partial charge < -0.3 is 20.0 Å². The van der Waals surface area contributed by atoms with Crippen molar-refractivity contribution in [3.8, 4) is 5.75 Å². The normalized spacial score (nSPS) is 14.3. The van der Waals surface area contributed by atoms with Gasteiger partial charge in [0.1, 0.15) is 17.9 Å². The lowest BCUT2D eigenvalue weighted by Gasteiger charge is -2.26. The van der Waals surface area contributed by atoms with Gasteiger partial charge in [-0.1, -0.05) is 40.0 Å². The molecule has 5 heteroatoms. The van der Waals surface area contributed by atoms with Gasteiger partial charge in [0.05, 0.1) is 6.10 Å². The van der Waals surface area contributed by atoms with Gasteiger partial charge in [-0.05, 0) is 48.9 Å². The van der Waals surface area contributed by atoms with Crippen LogP contribution in [-0.4, -0.2) is 24.4 Å². The Kier molecular flexibility index (Phi) is 7.87. The van der Waals surface area contributed by atoms with Crippen molar-refractivity contribution in [2.45, 2.75) is 59.0 Å². The Bertz CT molecular complexity index is 768. The van der Waals surface area contributed by atoms with Crippen LogP contribution in [0.25, 0.3) is 11.0 Å². The molecule has 2 rings (SSSR count). The van der Waals surface area contributed by atoms with Gasteiger partial charge in [-0.3, -0.25) is 0 Å². The minimum Gasteiger partial charge on any atom is -0.491 e. The summed E-state index contributed by atoms with van der Waals surface area (Å²) in [6, 6.07) is 8.45. The van der Waals surface area contributed by atoms with Crippen molar-refractivity contribution in [3.63, 3.8) is 0 Å². The van der Waals surface area contributed by atoms with Gasteiger partial charge in [0.25, 0.3) is 0 Å². The van der Waals surface area contributed by atoms with E-state index in [9.17, 15) is 9.90 Å². The monoisotopic (exact) mass is 375 g/mol. The summed E-state index contributed by atoms with van der Waals surface area (Å²) in [6.07, 6.45) is 4.58. The highest BCUT2D eigenvalue weighted by molar-refractivity contribution is 5.77. The molecule has 0 amide bonds. The van der Waals surface area contributed by atoms with Gasteiger partial charge >= 0.3 is 5.63 Å². The number of rotatable bonds is 11. The summed E-state index contributed by atoms with van der Waals surface area (Å²) in [5, 5.41) is 11.0. The van der Waals surface area contributed by atoms with Gasteiger partial charge in [-0.25, -0.2) is 4.79 Å². The first-order valence-electron chi connectivity index (χ1n) is 9.84. The third-order valence-corrected chi connectivity index (χ3v) is 4.97. The average Bonchev–Trinajstić information content (AvgIpc) is 2.62. The van der Waals surface area contributed by atoms with Crippen LogP contribution in [-0.2, 0) is 0 Å². The zero-order chi connectivity index (χ0) is 19.9. The van der Waals surface area contributed by atoms with Crippen molar-refractivity contribution in [2.24, 2.45) is 17.1 Å². The summed E-state index contributed by atoms with van der Waals surface area (Å²) in [5.74, 6) is 1.23. The number of aliphatic hydroxyl groups is 1. The molecule has 0 fully saturated rings. The summed E-state index contributed by atoms with van der Waals surface area (Å²) in [4.78, 5) is 11.3. The van der Waals surface area contributed by atoms with E-state index >= 15 is 0 Å². The van der Waals surface area contributed by atoms with Crippen molar-refractivity contribution < 1.29 is 14.3 Å². The van der Waals surface area contributed by atoms with Gasteiger partial charge in [0, 0.05) is 17.5 Å². The fourth-order valence-electron chi connectivity index (χ4n) is 3.41. The molecule has 1 aromatic carbocycles. The van der Waals surface area contributed by atoms with E-state index in [2.05, 4.69) is 20.8 Å². The first-order chi connectivity index (χ1) is 12.8. The molecule has 2 atom stereocenters. The average molecular weight is 376 g/mol. The molecule has 0 bridgehead atoms. The summed E-state index contributed by atoms with van der Waals surface area (Å²) < 4.78 is 10.8. The van der Waals surface area contributed by atoms with E-state index < -0.39 is 6.10 Å². The van der Waals surface area contributed by atoms with Crippen LogP contribution in [0.3, 0.4) is 0 Å². The summed E-state index contributed by atoms with van der Waals surface area (Å²) in [5.41, 5.74) is 6.10. The number of unbranched alkanes of at least 4 members (excludes halogenated alkanes) is 1. The number of hydrogen-bond acceptors (Lipinski definition) is 5. The van der Waals surface area contributed by atoms with Gasteiger partial charge in [-0.15, -0.1) is 0 Å². The molecule has 0 aliphatic rings. The minimum atomic E-state index is -0.501. The molecule has 0 saturated carbocycles. The molecule has 0 aliphatic heterocycles. The van der Waals surface area contributed by atoms with Gasteiger partial charge in [0.15, 0.2) is 0 Å². The highest BCUT2D eigenvalue weighted by Gasteiger charge is 2.19. The fraction of sp³-hybridized carbons (Fsp3) is 0.591. The molecule has 1 heterocycles. The van der Waals surface area contributed by atoms with E-state index in [1.165, 1.54) is 6.07 Å². The van der Waals surface area contributed by atoms with Crippen molar-refractivity contribution in [3.05, 3.63) is 40.8 Å². The molecular weight excluding hydrogens is 342 g/mol. The van der Waals surface area contributed by atoms with Crippen molar-refractivity contribution in [1.82, 2.24) is 0 Å². The quantitative estimate of drug-likeness (QED) is 0.456. The lowest BCUT2D eigenvalue weighted by atomic mass is 9.82. The number of hydrogen-bond donors (Lipinski definition) is 2. The topological polar surface area (TPSA) is 85.7 Å². The van der Waals surface area contributed by atoms with Crippen LogP contribution in [0.15, 0.2) is 39.5 Å². The van der Waals surface area contributed by atoms with E-state index in [0.29, 0.717) is 23.8 Å². The number of fused-ring (bicyclic) bond motifs is 1. The summed E-state index contributed by atoms with van der Waals surface area (Å²) in [7, 11) is 0. The Morgan fingerprint density at radius 1 is 1.19 bits per heavy atom. The van der Waals surface area contributed by atoms with Crippen LogP contribution < -0.4 is 16.1 Å². The van der Waals surface area contributed by atoms with Crippen LogP contribution in [0.1, 0.15) is 52.9 Å². The highest BCUT2D eigenvalue weighted by Crippen LogP contribution is 2.27. The standard InChI is InChI=1S/C22H33NO4/c1-16(13-22(2,3)15-23)6-4-5-7-18(24)14-26-19-10-8-17-9-11-21(25)27-20(17)12-19/h8-12,16,18,24H,4-7,13-15,23H2,1-3H3. The molecule has 0 radical (unpaired) electrons. The SMILES string of the molecule is CC(CCCCC(O)COc1ccc2ccc(=O)oc2c1)CC(C)(C)CN. The van der Waals surface area contributed by atoms with E-state index in [-0.39, 0.29) is 17.6 Å². The van der Waals surface area contributed by atoms with Crippen LogP contribution >= 0.6 is 0 Å². The van der Waals surface area contributed by atoms with E-state index in [4.69, 9.17) is 14.9 Å². The summed E-state index contributed by atoms with van der Waals surface area (Å²) >= 11 is 0. The maximum absolute atomic E-state index is 11.3. The van der Waals surface area contributed by atoms with Crippen LogP contribution in [0.5, 0.6) is 5.75 Å². The maximum Gasteiger partial charge on any atom is 0.336 e. The van der Waals surface area contributed by atoms with Crippen LogP contribution in [0.4, 0.5) is 0 Å². The highest BCUT2D eigenvalue weighted by atomic mass is 16.5. The molecule has 0 aliphatic carbocycles. The lowest BCUT2D eigenvalue weighted by molar-refractivity contribution is 0.0970. The number of aliphatic hydroxyl groups excluding tert-OH is 1. The van der Waals surface area contributed by atoms with Crippen molar-refractivity contribution >= 4 is 11.0 Å². The Morgan fingerprint density at radius 2 is 1.89 bits per heavy atom. The predicted octanol–water partition coefficient (Wildman–Crippen LogP) is 4.10. The van der Waals surface area contributed by atoms with Crippen molar-refractivity contribution in [1.29, 1.82) is 0 Å². The summed E-state index contributed by atoms with van der Waals surface area (Å²) in [6.45, 7) is 7.64. The zero-order valence-corrected chi connectivity index (χ0v) is 16.7. The number of ether oxygens (including phenoxy) is 1. The number of nitrogens with two attached hydrogens (primary N) is 1. The second kappa shape index (κ2) is 9.90. The molecule has 5 nitrogen and oxygen atoms in total. The fourth-order valence-corrected chi connectivity index (χ4v) is 3.41. The molecule has 1 aromatic heterocycles. The van der Waals surface area contributed by atoms with Gasteiger partial charge in [0.2, 0.25) is 0 Å². The second-order valence-electron chi connectivity index (χ2n) is 8.38. The maximum atomic E-state index is 11.3. The van der Waals surface area contributed by atoms with Gasteiger partial charge in [-0.2, -0.15) is 0 Å². The Morgan fingerprint density at radius 3 is 2.63 bits per heavy atom. The molecule has 2 aromatic rings. The molecule has 0 spiro atoms. The molecule has 3 N–H and O–H groups in total. The Labute approximate surface area is 161 Å². The lowest BCUT2D eigenvalue weighted by Crippen LogP contribution is -2.25. The molecular formula is C22H33NO4. The van der Waals surface area contributed by atoms with Crippen LogP contribution in [0, 0.1) is 11.3 Å². The van der Waals surface area contributed by atoms with Crippen molar-refractivity contribution in [2.75, 3.05) is 13.2 Å². The Hall–Kier alpha value is -1.85. The largest absolute Gasteiger partial charge is 0.491 e. The third kappa shape index (κ3) is 7.35. The smallest absolute Gasteiger partial charge is 0.336 e. The zero-order valence-electron chi connectivity index (χ0n) is 16.7. The minimum absolute atomic E-state index is 0.200. The van der Waals surface area contributed by atoms with Crippen LogP contribution in [0.2, 0.25) is 0 Å². The van der Waals surface area contributed by atoms with E-state index in [1.54, 1.807) is 12.1 Å². The predicted molar refractivity (Wildman–Crippen MR) is 109 cm³/mol. The Balaban J connectivity index is 1.69. The second-order valence-corrected chi connectivity index (χ2v) is 8.38. The molecule has 150 valence electrons. The third-order valence-electron chi connectivity index (χ3n) is 4.97. The first kappa shape index (κ1) is 21.5.